The highest BCUT2D eigenvalue weighted by Crippen LogP contribution is 2.35. The van der Waals surface area contributed by atoms with Crippen LogP contribution >= 0.6 is 11.8 Å². The molecule has 0 N–H and O–H groups in total. The summed E-state index contributed by atoms with van der Waals surface area (Å²) in [6, 6.07) is 21.1. The van der Waals surface area contributed by atoms with Crippen LogP contribution in [0.2, 0.25) is 0 Å². The molecule has 0 fully saturated rings. The monoisotopic (exact) mass is 338 g/mol. The van der Waals surface area contributed by atoms with Gasteiger partial charge in [-0.1, -0.05) is 60.3 Å². The summed E-state index contributed by atoms with van der Waals surface area (Å²) >= 11 is 1.29. The Morgan fingerprint density at radius 3 is 2.21 bits per heavy atom. The number of ether oxygens (including phenoxy) is 1. The Morgan fingerprint density at radius 2 is 1.58 bits per heavy atom. The molecular formula is C20H15FO2S. The van der Waals surface area contributed by atoms with Crippen LogP contribution in [0.15, 0.2) is 82.6 Å². The Balaban J connectivity index is 1.97. The molecule has 0 aliphatic heterocycles. The Kier molecular flexibility index (Phi) is 4.96. The standard InChI is InChI=1S/C20H15FO2S/c1-23-18-13-19(24-15-10-6-3-7-11-15)17(21)12-16(18)20(22)14-8-4-2-5-9-14/h2-13H,1H3. The molecular weight excluding hydrogens is 323 g/mol. The van der Waals surface area contributed by atoms with E-state index in [4.69, 9.17) is 4.74 Å². The summed E-state index contributed by atoms with van der Waals surface area (Å²) in [6.07, 6.45) is 0. The van der Waals surface area contributed by atoms with Crippen LogP contribution in [0, 0.1) is 5.82 Å². The number of rotatable bonds is 5. The minimum atomic E-state index is -0.441. The van der Waals surface area contributed by atoms with E-state index < -0.39 is 5.82 Å². The predicted molar refractivity (Wildman–Crippen MR) is 93.4 cm³/mol. The molecule has 0 saturated carbocycles. The summed E-state index contributed by atoms with van der Waals surface area (Å²) in [4.78, 5) is 13.9. The summed E-state index contributed by atoms with van der Waals surface area (Å²) in [6.45, 7) is 0. The summed E-state index contributed by atoms with van der Waals surface area (Å²) < 4.78 is 19.8. The molecule has 24 heavy (non-hydrogen) atoms. The van der Waals surface area contributed by atoms with Crippen molar-refractivity contribution in [3.8, 4) is 5.75 Å². The zero-order valence-corrected chi connectivity index (χ0v) is 13.8. The van der Waals surface area contributed by atoms with E-state index in [1.807, 2.05) is 36.4 Å². The molecule has 0 atom stereocenters. The molecule has 0 aliphatic carbocycles. The normalized spacial score (nSPS) is 10.4. The molecule has 0 bridgehead atoms. The van der Waals surface area contributed by atoms with Gasteiger partial charge in [0.2, 0.25) is 0 Å². The van der Waals surface area contributed by atoms with Crippen molar-refractivity contribution < 1.29 is 13.9 Å². The fraction of sp³-hybridized carbons (Fsp3) is 0.0500. The zero-order valence-electron chi connectivity index (χ0n) is 13.0. The Labute approximate surface area is 144 Å². The van der Waals surface area contributed by atoms with Crippen molar-refractivity contribution in [2.75, 3.05) is 7.11 Å². The van der Waals surface area contributed by atoms with Gasteiger partial charge in [0, 0.05) is 10.5 Å². The highest BCUT2D eigenvalue weighted by Gasteiger charge is 2.18. The van der Waals surface area contributed by atoms with Crippen molar-refractivity contribution >= 4 is 17.5 Å². The number of carbonyl (C=O) groups excluding carboxylic acids is 1. The van der Waals surface area contributed by atoms with Gasteiger partial charge in [0.15, 0.2) is 5.78 Å². The van der Waals surface area contributed by atoms with Gasteiger partial charge >= 0.3 is 0 Å². The lowest BCUT2D eigenvalue weighted by atomic mass is 10.0. The number of hydrogen-bond donors (Lipinski definition) is 0. The van der Waals surface area contributed by atoms with Crippen LogP contribution < -0.4 is 4.74 Å². The highest BCUT2D eigenvalue weighted by atomic mass is 32.2. The Hall–Kier alpha value is -2.59. The maximum Gasteiger partial charge on any atom is 0.196 e. The van der Waals surface area contributed by atoms with Gasteiger partial charge < -0.3 is 4.74 Å². The lowest BCUT2D eigenvalue weighted by Crippen LogP contribution is -2.05. The van der Waals surface area contributed by atoms with E-state index in [1.54, 1.807) is 30.3 Å². The number of carbonyl (C=O) groups is 1. The molecule has 0 aliphatic rings. The molecule has 120 valence electrons. The largest absolute Gasteiger partial charge is 0.496 e. The lowest BCUT2D eigenvalue weighted by Gasteiger charge is -2.11. The Bertz CT molecular complexity index is 848. The quantitative estimate of drug-likeness (QED) is 0.597. The fourth-order valence-corrected chi connectivity index (χ4v) is 3.19. The van der Waals surface area contributed by atoms with Crippen LogP contribution in [0.1, 0.15) is 15.9 Å². The molecule has 0 saturated heterocycles. The van der Waals surface area contributed by atoms with Crippen LogP contribution in [0.4, 0.5) is 4.39 Å². The number of benzene rings is 3. The van der Waals surface area contributed by atoms with Crippen LogP contribution in [-0.2, 0) is 0 Å². The first-order valence-corrected chi connectivity index (χ1v) is 8.21. The number of methoxy groups -OCH3 is 1. The molecule has 0 spiro atoms. The van der Waals surface area contributed by atoms with Crippen LogP contribution in [0.5, 0.6) is 5.75 Å². The third-order valence-electron chi connectivity index (χ3n) is 3.51. The van der Waals surface area contributed by atoms with Gasteiger partial charge in [0.1, 0.15) is 11.6 Å². The summed E-state index contributed by atoms with van der Waals surface area (Å²) in [5.41, 5.74) is 0.720. The van der Waals surface area contributed by atoms with Crippen molar-refractivity contribution in [1.82, 2.24) is 0 Å². The number of halogens is 1. The van der Waals surface area contributed by atoms with Gasteiger partial charge in [0.25, 0.3) is 0 Å². The third kappa shape index (κ3) is 3.49. The first kappa shape index (κ1) is 16.3. The smallest absolute Gasteiger partial charge is 0.196 e. The topological polar surface area (TPSA) is 26.3 Å². The average molecular weight is 338 g/mol. The van der Waals surface area contributed by atoms with Crippen LogP contribution in [-0.4, -0.2) is 12.9 Å². The molecule has 0 unspecified atom stereocenters. The second-order valence-corrected chi connectivity index (χ2v) is 6.21. The van der Waals surface area contributed by atoms with E-state index in [9.17, 15) is 9.18 Å². The predicted octanol–water partition coefficient (Wildman–Crippen LogP) is 5.22. The van der Waals surface area contributed by atoms with Gasteiger partial charge in [-0.25, -0.2) is 4.39 Å². The maximum absolute atomic E-state index is 14.5. The van der Waals surface area contributed by atoms with Crippen molar-refractivity contribution in [3.05, 3.63) is 89.7 Å². The molecule has 0 aromatic heterocycles. The number of hydrogen-bond acceptors (Lipinski definition) is 3. The number of ketones is 1. The molecule has 3 rings (SSSR count). The van der Waals surface area contributed by atoms with E-state index >= 15 is 0 Å². The zero-order chi connectivity index (χ0) is 16.9. The van der Waals surface area contributed by atoms with Crippen molar-refractivity contribution in [2.45, 2.75) is 9.79 Å². The average Bonchev–Trinajstić information content (AvgIpc) is 2.64. The second kappa shape index (κ2) is 7.32. The van der Waals surface area contributed by atoms with Crippen molar-refractivity contribution in [3.63, 3.8) is 0 Å². The highest BCUT2D eigenvalue weighted by molar-refractivity contribution is 7.99. The summed E-state index contributed by atoms with van der Waals surface area (Å²) in [5.74, 6) is -0.338. The van der Waals surface area contributed by atoms with E-state index in [2.05, 4.69) is 0 Å². The molecule has 3 aromatic carbocycles. The minimum Gasteiger partial charge on any atom is -0.496 e. The summed E-state index contributed by atoms with van der Waals surface area (Å²) in [7, 11) is 1.48. The van der Waals surface area contributed by atoms with Crippen molar-refractivity contribution in [1.29, 1.82) is 0 Å². The van der Waals surface area contributed by atoms with Gasteiger partial charge in [0.05, 0.1) is 17.6 Å². The second-order valence-electron chi connectivity index (χ2n) is 5.09. The van der Waals surface area contributed by atoms with Gasteiger partial charge in [-0.3, -0.25) is 4.79 Å². The van der Waals surface area contributed by atoms with Crippen molar-refractivity contribution in [2.24, 2.45) is 0 Å². The van der Waals surface area contributed by atoms with Gasteiger partial charge in [-0.05, 0) is 24.3 Å². The van der Waals surface area contributed by atoms with Crippen LogP contribution in [0.25, 0.3) is 0 Å². The molecule has 0 radical (unpaired) electrons. The third-order valence-corrected chi connectivity index (χ3v) is 4.55. The first-order chi connectivity index (χ1) is 11.7. The molecule has 0 amide bonds. The van der Waals surface area contributed by atoms with E-state index in [-0.39, 0.29) is 11.3 Å². The minimum absolute atomic E-state index is 0.221. The van der Waals surface area contributed by atoms with Gasteiger partial charge in [-0.15, -0.1) is 0 Å². The van der Waals surface area contributed by atoms with E-state index in [1.165, 1.54) is 24.9 Å². The fourth-order valence-electron chi connectivity index (χ4n) is 2.32. The molecule has 0 heterocycles. The molecule has 2 nitrogen and oxygen atoms in total. The van der Waals surface area contributed by atoms with Crippen LogP contribution in [0.3, 0.4) is 0 Å². The maximum atomic E-state index is 14.5. The molecule has 3 aromatic rings. The van der Waals surface area contributed by atoms with E-state index in [0.29, 0.717) is 16.2 Å². The van der Waals surface area contributed by atoms with Gasteiger partial charge in [-0.2, -0.15) is 0 Å². The first-order valence-electron chi connectivity index (χ1n) is 7.39. The Morgan fingerprint density at radius 1 is 0.958 bits per heavy atom. The summed E-state index contributed by atoms with van der Waals surface area (Å²) in [5, 5.41) is 0. The van der Waals surface area contributed by atoms with E-state index in [0.717, 1.165) is 4.90 Å². The SMILES string of the molecule is COc1cc(Sc2ccccc2)c(F)cc1C(=O)c1ccccc1. The lowest BCUT2D eigenvalue weighted by molar-refractivity contribution is 0.103. The molecule has 4 heteroatoms.